The van der Waals surface area contributed by atoms with Crippen LogP contribution in [0.5, 0.6) is 0 Å². The molecule has 0 amide bonds. The molecule has 0 fully saturated rings. The van der Waals surface area contributed by atoms with Crippen LogP contribution in [0.25, 0.3) is 0 Å². The summed E-state index contributed by atoms with van der Waals surface area (Å²) in [6.45, 7) is 12.4. The number of halogens is 3. The SMILES string of the molecule is C=C/C(C)=C\C(=C)CC(F)(F)F.CC. The lowest BCUT2D eigenvalue weighted by Crippen LogP contribution is -2.07. The lowest BCUT2D eigenvalue weighted by molar-refractivity contribution is -0.126. The van der Waals surface area contributed by atoms with Gasteiger partial charge in [-0.05, 0) is 12.5 Å². The van der Waals surface area contributed by atoms with Gasteiger partial charge in [0, 0.05) is 0 Å². The Balaban J connectivity index is 0. The Morgan fingerprint density at radius 3 is 2.00 bits per heavy atom. The van der Waals surface area contributed by atoms with E-state index in [4.69, 9.17) is 0 Å². The summed E-state index contributed by atoms with van der Waals surface area (Å²) in [7, 11) is 0. The fraction of sp³-hybridized carbons (Fsp3) is 0.455. The second kappa shape index (κ2) is 7.42. The van der Waals surface area contributed by atoms with Crippen LogP contribution >= 0.6 is 0 Å². The van der Waals surface area contributed by atoms with E-state index < -0.39 is 12.6 Å². The molecule has 0 spiro atoms. The van der Waals surface area contributed by atoms with Gasteiger partial charge in [0.25, 0.3) is 0 Å². The van der Waals surface area contributed by atoms with Crippen molar-refractivity contribution >= 4 is 0 Å². The van der Waals surface area contributed by atoms with Crippen LogP contribution in [0.15, 0.2) is 36.5 Å². The van der Waals surface area contributed by atoms with E-state index in [0.29, 0.717) is 5.57 Å². The van der Waals surface area contributed by atoms with Crippen molar-refractivity contribution in [3.63, 3.8) is 0 Å². The molecule has 0 heterocycles. The number of alkyl halides is 3. The maximum Gasteiger partial charge on any atom is 0.393 e. The lowest BCUT2D eigenvalue weighted by Gasteiger charge is -2.05. The summed E-state index contributed by atoms with van der Waals surface area (Å²) < 4.78 is 35.2. The summed E-state index contributed by atoms with van der Waals surface area (Å²) in [5, 5.41) is 0. The molecule has 0 aliphatic carbocycles. The van der Waals surface area contributed by atoms with Crippen LogP contribution in [0.4, 0.5) is 13.2 Å². The second-order valence-electron chi connectivity index (χ2n) is 2.54. The average molecular weight is 206 g/mol. The standard InChI is InChI=1S/C9H11F3.C2H6/c1-4-7(2)5-8(3)6-9(10,11)12;1-2/h4-5H,1,3,6H2,2H3;1-2H3/b7-5-;. The minimum Gasteiger partial charge on any atom is -0.171 e. The number of rotatable bonds is 3. The van der Waals surface area contributed by atoms with Crippen molar-refractivity contribution in [2.45, 2.75) is 33.4 Å². The monoisotopic (exact) mass is 206 g/mol. The van der Waals surface area contributed by atoms with E-state index in [-0.39, 0.29) is 5.57 Å². The summed E-state index contributed by atoms with van der Waals surface area (Å²) in [6, 6.07) is 0. The predicted molar refractivity (Wildman–Crippen MR) is 55.1 cm³/mol. The first kappa shape index (κ1) is 15.5. The van der Waals surface area contributed by atoms with Crippen LogP contribution < -0.4 is 0 Å². The molecule has 0 aliphatic heterocycles. The molecule has 82 valence electrons. The number of hydrogen-bond donors (Lipinski definition) is 0. The van der Waals surface area contributed by atoms with E-state index in [2.05, 4.69) is 13.2 Å². The topological polar surface area (TPSA) is 0 Å². The van der Waals surface area contributed by atoms with Crippen molar-refractivity contribution in [3.05, 3.63) is 36.5 Å². The lowest BCUT2D eigenvalue weighted by atomic mass is 10.1. The third-order valence-corrected chi connectivity index (χ3v) is 1.18. The van der Waals surface area contributed by atoms with Gasteiger partial charge in [-0.2, -0.15) is 13.2 Å². The molecule has 0 bridgehead atoms. The summed E-state index contributed by atoms with van der Waals surface area (Å²) in [5.41, 5.74) is 0.740. The van der Waals surface area contributed by atoms with Gasteiger partial charge in [-0.3, -0.25) is 0 Å². The van der Waals surface area contributed by atoms with Gasteiger partial charge >= 0.3 is 6.18 Å². The summed E-state index contributed by atoms with van der Waals surface area (Å²) in [5.74, 6) is 0. The van der Waals surface area contributed by atoms with Gasteiger partial charge in [-0.15, -0.1) is 0 Å². The van der Waals surface area contributed by atoms with E-state index in [1.165, 1.54) is 12.2 Å². The molecular formula is C11H17F3. The van der Waals surface area contributed by atoms with E-state index in [1.807, 2.05) is 13.8 Å². The molecule has 0 rings (SSSR count). The fourth-order valence-corrected chi connectivity index (χ4v) is 0.689. The van der Waals surface area contributed by atoms with Crippen molar-refractivity contribution in [1.29, 1.82) is 0 Å². The Morgan fingerprint density at radius 1 is 1.29 bits per heavy atom. The molecule has 0 saturated heterocycles. The smallest absolute Gasteiger partial charge is 0.171 e. The maximum absolute atomic E-state index is 11.7. The molecule has 0 radical (unpaired) electrons. The highest BCUT2D eigenvalue weighted by Gasteiger charge is 2.27. The van der Waals surface area contributed by atoms with Gasteiger partial charge in [0.2, 0.25) is 0 Å². The predicted octanol–water partition coefficient (Wildman–Crippen LogP) is 4.65. The molecule has 0 saturated carbocycles. The molecule has 3 heteroatoms. The van der Waals surface area contributed by atoms with Gasteiger partial charge in [-0.1, -0.05) is 44.7 Å². The molecule has 0 aliphatic rings. The molecule has 0 nitrogen and oxygen atoms in total. The molecule has 0 aromatic carbocycles. The molecule has 0 unspecified atom stereocenters. The third kappa shape index (κ3) is 11.0. The van der Waals surface area contributed by atoms with Crippen LogP contribution in [-0.4, -0.2) is 6.18 Å². The van der Waals surface area contributed by atoms with Gasteiger partial charge in [0.05, 0.1) is 6.42 Å². The Labute approximate surface area is 83.8 Å². The first-order valence-corrected chi connectivity index (χ1v) is 4.40. The molecule has 14 heavy (non-hydrogen) atoms. The minimum absolute atomic E-state index is 0.0555. The van der Waals surface area contributed by atoms with E-state index >= 15 is 0 Å². The van der Waals surface area contributed by atoms with Crippen LogP contribution in [0.1, 0.15) is 27.2 Å². The van der Waals surface area contributed by atoms with E-state index in [1.54, 1.807) is 6.92 Å². The molecule has 0 N–H and O–H groups in total. The van der Waals surface area contributed by atoms with Crippen LogP contribution in [0.2, 0.25) is 0 Å². The molecule has 0 atom stereocenters. The third-order valence-electron chi connectivity index (χ3n) is 1.18. The van der Waals surface area contributed by atoms with E-state index in [0.717, 1.165) is 0 Å². The maximum atomic E-state index is 11.7. The number of hydrogen-bond acceptors (Lipinski definition) is 0. The van der Waals surface area contributed by atoms with Gasteiger partial charge < -0.3 is 0 Å². The Kier molecular flexibility index (Phi) is 8.20. The first-order chi connectivity index (χ1) is 6.35. The first-order valence-electron chi connectivity index (χ1n) is 4.40. The summed E-state index contributed by atoms with van der Waals surface area (Å²) >= 11 is 0. The highest BCUT2D eigenvalue weighted by Crippen LogP contribution is 2.24. The van der Waals surface area contributed by atoms with Crippen LogP contribution in [-0.2, 0) is 0 Å². The number of allylic oxidation sites excluding steroid dienone is 4. The quantitative estimate of drug-likeness (QED) is 0.589. The van der Waals surface area contributed by atoms with Crippen molar-refractivity contribution in [2.24, 2.45) is 0 Å². The zero-order chi connectivity index (χ0) is 11.8. The Hall–Kier alpha value is -0.990. The largest absolute Gasteiger partial charge is 0.393 e. The highest BCUT2D eigenvalue weighted by molar-refractivity contribution is 5.26. The Bertz CT molecular complexity index is 209. The van der Waals surface area contributed by atoms with Gasteiger partial charge in [-0.25, -0.2) is 0 Å². The zero-order valence-electron chi connectivity index (χ0n) is 8.91. The van der Waals surface area contributed by atoms with Gasteiger partial charge in [0.1, 0.15) is 0 Å². The van der Waals surface area contributed by atoms with Crippen molar-refractivity contribution in [3.8, 4) is 0 Å². The summed E-state index contributed by atoms with van der Waals surface area (Å²) in [6.07, 6.45) is -2.27. The van der Waals surface area contributed by atoms with Crippen molar-refractivity contribution in [1.82, 2.24) is 0 Å². The second-order valence-corrected chi connectivity index (χ2v) is 2.54. The van der Waals surface area contributed by atoms with Crippen molar-refractivity contribution < 1.29 is 13.2 Å². The zero-order valence-corrected chi connectivity index (χ0v) is 8.91. The van der Waals surface area contributed by atoms with Crippen LogP contribution in [0.3, 0.4) is 0 Å². The minimum atomic E-state index is -4.17. The highest BCUT2D eigenvalue weighted by atomic mass is 19.4. The average Bonchev–Trinajstić information content (AvgIpc) is 2.04. The fourth-order valence-electron chi connectivity index (χ4n) is 0.689. The summed E-state index contributed by atoms with van der Waals surface area (Å²) in [4.78, 5) is 0. The van der Waals surface area contributed by atoms with Gasteiger partial charge in [0.15, 0.2) is 0 Å². The molecule has 0 aromatic rings. The normalized spacial score (nSPS) is 11.4. The van der Waals surface area contributed by atoms with Crippen molar-refractivity contribution in [2.75, 3.05) is 0 Å². The van der Waals surface area contributed by atoms with E-state index in [9.17, 15) is 13.2 Å². The Morgan fingerprint density at radius 2 is 1.71 bits per heavy atom. The molecular weight excluding hydrogens is 189 g/mol. The van der Waals surface area contributed by atoms with Crippen LogP contribution in [0, 0.1) is 0 Å². The molecule has 0 aromatic heterocycles.